The summed E-state index contributed by atoms with van der Waals surface area (Å²) in [6.45, 7) is 4.28. The molecule has 3 rings (SSSR count). The number of aromatic nitrogens is 1. The lowest BCUT2D eigenvalue weighted by Crippen LogP contribution is -2.21. The van der Waals surface area contributed by atoms with Crippen molar-refractivity contribution in [2.75, 3.05) is 5.32 Å². The lowest BCUT2D eigenvalue weighted by molar-refractivity contribution is -0.116. The standard InChI is InChI=1S/C20H22N2O3/c1-20(2,14-7-5-4-6-8-14)12-11-18(23)21-15-9-10-16-17(13-15)25-19(24)22(16)3/h4-10,13H,11-12H2,1-3H3,(H,21,23). The highest BCUT2D eigenvalue weighted by Gasteiger charge is 2.21. The van der Waals surface area contributed by atoms with E-state index in [4.69, 9.17) is 4.42 Å². The fourth-order valence-corrected chi connectivity index (χ4v) is 2.89. The summed E-state index contributed by atoms with van der Waals surface area (Å²) in [7, 11) is 1.65. The second-order valence-corrected chi connectivity index (χ2v) is 6.91. The Labute approximate surface area is 146 Å². The highest BCUT2D eigenvalue weighted by atomic mass is 16.4. The zero-order valence-corrected chi connectivity index (χ0v) is 14.7. The predicted molar refractivity (Wildman–Crippen MR) is 98.8 cm³/mol. The van der Waals surface area contributed by atoms with Crippen LogP contribution in [0.15, 0.2) is 57.7 Å². The highest BCUT2D eigenvalue weighted by Crippen LogP contribution is 2.28. The molecule has 5 heteroatoms. The highest BCUT2D eigenvalue weighted by molar-refractivity contribution is 5.92. The van der Waals surface area contributed by atoms with Crippen LogP contribution < -0.4 is 11.1 Å². The third-order valence-corrected chi connectivity index (χ3v) is 4.61. The lowest BCUT2D eigenvalue weighted by atomic mass is 9.80. The molecule has 5 nitrogen and oxygen atoms in total. The molecule has 1 amide bonds. The molecule has 0 unspecified atom stereocenters. The topological polar surface area (TPSA) is 64.2 Å². The lowest BCUT2D eigenvalue weighted by Gasteiger charge is -2.25. The van der Waals surface area contributed by atoms with Gasteiger partial charge in [0.2, 0.25) is 5.91 Å². The summed E-state index contributed by atoms with van der Waals surface area (Å²) in [5, 5.41) is 2.88. The first-order chi connectivity index (χ1) is 11.9. The number of hydrogen-bond donors (Lipinski definition) is 1. The molecule has 130 valence electrons. The van der Waals surface area contributed by atoms with Gasteiger partial charge in [-0.1, -0.05) is 44.2 Å². The Morgan fingerprint density at radius 3 is 2.60 bits per heavy atom. The number of amides is 1. The number of benzene rings is 2. The van der Waals surface area contributed by atoms with E-state index in [1.54, 1.807) is 25.2 Å². The first-order valence-corrected chi connectivity index (χ1v) is 8.32. The number of nitrogens with zero attached hydrogens (tertiary/aromatic N) is 1. The van der Waals surface area contributed by atoms with E-state index >= 15 is 0 Å². The van der Waals surface area contributed by atoms with Crippen LogP contribution in [0.5, 0.6) is 0 Å². The van der Waals surface area contributed by atoms with Crippen molar-refractivity contribution >= 4 is 22.7 Å². The van der Waals surface area contributed by atoms with Crippen LogP contribution in [-0.2, 0) is 17.3 Å². The Morgan fingerprint density at radius 2 is 1.88 bits per heavy atom. The summed E-state index contributed by atoms with van der Waals surface area (Å²) in [5.41, 5.74) is 2.94. The number of nitrogens with one attached hydrogen (secondary N) is 1. The molecule has 0 radical (unpaired) electrons. The van der Waals surface area contributed by atoms with Gasteiger partial charge in [-0.15, -0.1) is 0 Å². The van der Waals surface area contributed by atoms with Crippen LogP contribution in [0.2, 0.25) is 0 Å². The SMILES string of the molecule is Cn1c(=O)oc2cc(NC(=O)CCC(C)(C)c3ccccc3)ccc21. The molecule has 2 aromatic carbocycles. The molecule has 3 aromatic rings. The van der Waals surface area contributed by atoms with Crippen molar-refractivity contribution in [1.82, 2.24) is 4.57 Å². The second kappa shape index (κ2) is 6.59. The third-order valence-electron chi connectivity index (χ3n) is 4.61. The molecule has 0 atom stereocenters. The van der Waals surface area contributed by atoms with Crippen molar-refractivity contribution in [2.24, 2.45) is 7.05 Å². The maximum absolute atomic E-state index is 12.3. The number of aryl methyl sites for hydroxylation is 1. The van der Waals surface area contributed by atoms with Crippen molar-refractivity contribution < 1.29 is 9.21 Å². The third kappa shape index (κ3) is 3.65. The van der Waals surface area contributed by atoms with Crippen molar-refractivity contribution in [3.63, 3.8) is 0 Å². The fourth-order valence-electron chi connectivity index (χ4n) is 2.89. The summed E-state index contributed by atoms with van der Waals surface area (Å²) in [5.74, 6) is -0.468. The van der Waals surface area contributed by atoms with Gasteiger partial charge in [-0.25, -0.2) is 4.79 Å². The van der Waals surface area contributed by atoms with Crippen LogP contribution in [0.3, 0.4) is 0 Å². The van der Waals surface area contributed by atoms with Crippen LogP contribution in [0, 0.1) is 0 Å². The van der Waals surface area contributed by atoms with E-state index in [-0.39, 0.29) is 11.3 Å². The van der Waals surface area contributed by atoms with Crippen LogP contribution in [0.25, 0.3) is 11.1 Å². The van der Waals surface area contributed by atoms with Gasteiger partial charge in [0.25, 0.3) is 0 Å². The Morgan fingerprint density at radius 1 is 1.16 bits per heavy atom. The Balaban J connectivity index is 1.65. The largest absolute Gasteiger partial charge is 0.419 e. The predicted octanol–water partition coefficient (Wildman–Crippen LogP) is 3.83. The number of carbonyl (C=O) groups excluding carboxylic acids is 1. The van der Waals surface area contributed by atoms with Gasteiger partial charge in [0.1, 0.15) is 0 Å². The molecule has 0 aliphatic rings. The molecular formula is C20H22N2O3. The van der Waals surface area contributed by atoms with Gasteiger partial charge in [0.15, 0.2) is 5.58 Å². The van der Waals surface area contributed by atoms with E-state index in [1.165, 1.54) is 10.1 Å². The summed E-state index contributed by atoms with van der Waals surface area (Å²) in [4.78, 5) is 23.8. The number of anilines is 1. The molecule has 1 aromatic heterocycles. The summed E-state index contributed by atoms with van der Waals surface area (Å²) in [6, 6.07) is 15.4. The number of oxazole rings is 1. The van der Waals surface area contributed by atoms with Crippen LogP contribution in [-0.4, -0.2) is 10.5 Å². The quantitative estimate of drug-likeness (QED) is 0.769. The number of carbonyl (C=O) groups is 1. The molecular weight excluding hydrogens is 316 g/mol. The van der Waals surface area contributed by atoms with Crippen LogP contribution in [0.1, 0.15) is 32.3 Å². The minimum atomic E-state index is -0.414. The van der Waals surface area contributed by atoms with Crippen LogP contribution >= 0.6 is 0 Å². The second-order valence-electron chi connectivity index (χ2n) is 6.91. The molecule has 0 fully saturated rings. The van der Waals surface area contributed by atoms with Gasteiger partial charge in [-0.05, 0) is 29.5 Å². The molecule has 0 bridgehead atoms. The van der Waals surface area contributed by atoms with E-state index in [0.717, 1.165) is 6.42 Å². The average molecular weight is 338 g/mol. The average Bonchev–Trinajstić information content (AvgIpc) is 2.88. The molecule has 25 heavy (non-hydrogen) atoms. The molecule has 1 heterocycles. The van der Waals surface area contributed by atoms with Gasteiger partial charge < -0.3 is 9.73 Å². The Hall–Kier alpha value is -2.82. The van der Waals surface area contributed by atoms with Crippen molar-refractivity contribution in [2.45, 2.75) is 32.1 Å². The van der Waals surface area contributed by atoms with Crippen molar-refractivity contribution in [1.29, 1.82) is 0 Å². The maximum atomic E-state index is 12.3. The summed E-state index contributed by atoms with van der Waals surface area (Å²) >= 11 is 0. The maximum Gasteiger partial charge on any atom is 0.419 e. The molecule has 0 aliphatic heterocycles. The normalized spacial score (nSPS) is 11.6. The van der Waals surface area contributed by atoms with Crippen molar-refractivity contribution in [3.8, 4) is 0 Å². The smallest absolute Gasteiger partial charge is 0.408 e. The molecule has 1 N–H and O–H groups in total. The number of hydrogen-bond acceptors (Lipinski definition) is 3. The molecule has 0 saturated heterocycles. The van der Waals surface area contributed by atoms with Gasteiger partial charge in [0.05, 0.1) is 5.52 Å². The van der Waals surface area contributed by atoms with E-state index in [9.17, 15) is 9.59 Å². The van der Waals surface area contributed by atoms with E-state index < -0.39 is 5.76 Å². The monoisotopic (exact) mass is 338 g/mol. The number of fused-ring (bicyclic) bond motifs is 1. The first-order valence-electron chi connectivity index (χ1n) is 8.32. The van der Waals surface area contributed by atoms with E-state index in [1.807, 2.05) is 18.2 Å². The molecule has 0 saturated carbocycles. The minimum Gasteiger partial charge on any atom is -0.408 e. The van der Waals surface area contributed by atoms with Crippen molar-refractivity contribution in [3.05, 3.63) is 64.6 Å². The Kier molecular flexibility index (Phi) is 4.49. The van der Waals surface area contributed by atoms with E-state index in [2.05, 4.69) is 31.3 Å². The van der Waals surface area contributed by atoms with Gasteiger partial charge in [0, 0.05) is 25.2 Å². The zero-order valence-electron chi connectivity index (χ0n) is 14.7. The Bertz CT molecular complexity index is 952. The van der Waals surface area contributed by atoms with Gasteiger partial charge >= 0.3 is 5.76 Å². The number of rotatable bonds is 5. The molecule has 0 aliphatic carbocycles. The van der Waals surface area contributed by atoms with Gasteiger partial charge in [-0.2, -0.15) is 0 Å². The first kappa shape index (κ1) is 17.0. The fraction of sp³-hybridized carbons (Fsp3) is 0.300. The van der Waals surface area contributed by atoms with Crippen LogP contribution in [0.4, 0.5) is 5.69 Å². The zero-order chi connectivity index (χ0) is 18.0. The van der Waals surface area contributed by atoms with Gasteiger partial charge in [-0.3, -0.25) is 9.36 Å². The summed E-state index contributed by atoms with van der Waals surface area (Å²) < 4.78 is 6.58. The molecule has 0 spiro atoms. The summed E-state index contributed by atoms with van der Waals surface area (Å²) in [6.07, 6.45) is 1.16. The minimum absolute atomic E-state index is 0.0540. The van der Waals surface area contributed by atoms with E-state index in [0.29, 0.717) is 23.2 Å².